The molecular formula is C10H18NO6. The number of amides is 1. The summed E-state index contributed by atoms with van der Waals surface area (Å²) in [5.74, 6) is 0. The van der Waals surface area contributed by atoms with Crippen molar-refractivity contribution >= 4 is 12.2 Å². The van der Waals surface area contributed by atoms with Gasteiger partial charge in [0.15, 0.2) is 0 Å². The molecule has 7 nitrogen and oxygen atoms in total. The largest absolute Gasteiger partial charge is 0.533 e. The van der Waals surface area contributed by atoms with Gasteiger partial charge >= 0.3 is 12.2 Å². The molecule has 0 heterocycles. The van der Waals surface area contributed by atoms with E-state index in [9.17, 15) is 14.7 Å². The zero-order chi connectivity index (χ0) is 13.3. The molecule has 0 atom stereocenters. The summed E-state index contributed by atoms with van der Waals surface area (Å²) in [6.07, 6.45) is -1.03. The summed E-state index contributed by atoms with van der Waals surface area (Å²) < 4.78 is 9.36. The van der Waals surface area contributed by atoms with Gasteiger partial charge in [-0.2, -0.15) is 0 Å². The van der Waals surface area contributed by atoms with Crippen LogP contribution in [0.3, 0.4) is 0 Å². The molecule has 17 heavy (non-hydrogen) atoms. The normalized spacial score (nSPS) is 10.6. The van der Waals surface area contributed by atoms with Crippen molar-refractivity contribution in [1.82, 2.24) is 5.48 Å². The zero-order valence-electron chi connectivity index (χ0n) is 10.3. The maximum Gasteiger partial charge on any atom is 0.533 e. The van der Waals surface area contributed by atoms with Gasteiger partial charge in [-0.15, -0.1) is 5.48 Å². The Bertz CT molecular complexity index is 248. The first-order valence-electron chi connectivity index (χ1n) is 5.26. The van der Waals surface area contributed by atoms with Crippen LogP contribution in [0.25, 0.3) is 0 Å². The Morgan fingerprint density at radius 1 is 1.18 bits per heavy atom. The third-order valence-electron chi connectivity index (χ3n) is 1.38. The Balaban J connectivity index is 3.59. The van der Waals surface area contributed by atoms with Gasteiger partial charge in [-0.1, -0.05) is 0 Å². The smallest absolute Gasteiger partial charge is 0.442 e. The molecule has 0 saturated heterocycles. The van der Waals surface area contributed by atoms with Crippen LogP contribution in [-0.4, -0.2) is 31.1 Å². The summed E-state index contributed by atoms with van der Waals surface area (Å²) in [7, 11) is 0. The third kappa shape index (κ3) is 10.8. The predicted octanol–water partition coefficient (Wildman–Crippen LogP) is 1.79. The fourth-order valence-electron chi connectivity index (χ4n) is 0.771. The Morgan fingerprint density at radius 3 is 2.35 bits per heavy atom. The van der Waals surface area contributed by atoms with E-state index in [0.717, 1.165) is 0 Å². The molecule has 0 aliphatic heterocycles. The van der Waals surface area contributed by atoms with Crippen molar-refractivity contribution in [3.8, 4) is 0 Å². The molecule has 99 valence electrons. The van der Waals surface area contributed by atoms with Crippen LogP contribution in [-0.2, 0) is 19.4 Å². The van der Waals surface area contributed by atoms with E-state index >= 15 is 0 Å². The van der Waals surface area contributed by atoms with Crippen LogP contribution in [0.2, 0.25) is 0 Å². The molecule has 1 N–H and O–H groups in total. The predicted molar refractivity (Wildman–Crippen MR) is 56.6 cm³/mol. The van der Waals surface area contributed by atoms with Crippen molar-refractivity contribution < 1.29 is 29.0 Å². The molecular weight excluding hydrogens is 230 g/mol. The van der Waals surface area contributed by atoms with Crippen molar-refractivity contribution in [3.05, 3.63) is 0 Å². The van der Waals surface area contributed by atoms with Gasteiger partial charge in [-0.25, -0.2) is 14.7 Å². The number of ether oxygens (including phenoxy) is 2. The lowest BCUT2D eigenvalue weighted by Gasteiger charge is -2.18. The van der Waals surface area contributed by atoms with Gasteiger partial charge in [0.2, 0.25) is 0 Å². The topological polar surface area (TPSA) is 93.8 Å². The third-order valence-corrected chi connectivity index (χ3v) is 1.38. The maximum absolute atomic E-state index is 11.0. The van der Waals surface area contributed by atoms with Crippen molar-refractivity contribution in [2.75, 3.05) is 13.2 Å². The molecule has 0 aliphatic carbocycles. The van der Waals surface area contributed by atoms with E-state index in [2.05, 4.69) is 9.57 Å². The van der Waals surface area contributed by atoms with Crippen LogP contribution in [0, 0.1) is 0 Å². The van der Waals surface area contributed by atoms with E-state index in [4.69, 9.17) is 4.74 Å². The second-order valence-electron chi connectivity index (χ2n) is 4.22. The number of carbonyl (C=O) groups is 2. The van der Waals surface area contributed by atoms with E-state index in [-0.39, 0.29) is 13.2 Å². The average Bonchev–Trinajstić information content (AvgIpc) is 2.19. The van der Waals surface area contributed by atoms with E-state index in [1.54, 1.807) is 26.3 Å². The standard InChI is InChI=1S/C10H18NO6/c1-10(2,3)16-8(13)11-17-9(14)15-7-5-4-6-12/h4-7H2,1-3H3,(H,11,13). The van der Waals surface area contributed by atoms with Crippen LogP contribution >= 0.6 is 0 Å². The fourth-order valence-corrected chi connectivity index (χ4v) is 0.771. The van der Waals surface area contributed by atoms with Gasteiger partial charge in [0.05, 0.1) is 13.2 Å². The zero-order valence-corrected chi connectivity index (χ0v) is 10.3. The van der Waals surface area contributed by atoms with Crippen LogP contribution in [0.5, 0.6) is 0 Å². The van der Waals surface area contributed by atoms with Crippen LogP contribution in [0.1, 0.15) is 33.6 Å². The highest BCUT2D eigenvalue weighted by Crippen LogP contribution is 2.06. The first-order valence-corrected chi connectivity index (χ1v) is 5.26. The summed E-state index contributed by atoms with van der Waals surface area (Å²) in [5, 5.41) is 10.1. The number of hydrogen-bond donors (Lipinski definition) is 1. The molecule has 0 aromatic carbocycles. The molecule has 0 aromatic heterocycles. The van der Waals surface area contributed by atoms with Gasteiger partial charge in [-0.05, 0) is 33.6 Å². The molecule has 0 aromatic rings. The Morgan fingerprint density at radius 2 is 1.82 bits per heavy atom. The minimum absolute atomic E-state index is 0.0804. The molecule has 0 fully saturated rings. The first-order chi connectivity index (χ1) is 7.85. The molecule has 0 unspecified atom stereocenters. The monoisotopic (exact) mass is 248 g/mol. The summed E-state index contributed by atoms with van der Waals surface area (Å²) in [4.78, 5) is 26.2. The minimum Gasteiger partial charge on any atom is -0.442 e. The average molecular weight is 248 g/mol. The highest BCUT2D eigenvalue weighted by atomic mass is 16.8. The van der Waals surface area contributed by atoms with Gasteiger partial charge in [-0.3, -0.25) is 0 Å². The number of rotatable bonds is 4. The first kappa shape index (κ1) is 15.5. The number of carbonyl (C=O) groups excluding carboxylic acids is 2. The van der Waals surface area contributed by atoms with Crippen molar-refractivity contribution in [3.63, 3.8) is 0 Å². The van der Waals surface area contributed by atoms with E-state index in [1.807, 2.05) is 0 Å². The van der Waals surface area contributed by atoms with Gasteiger partial charge in [0, 0.05) is 0 Å². The quantitative estimate of drug-likeness (QED) is 0.465. The number of unbranched alkanes of at least 4 members (excludes halogenated alkanes) is 1. The van der Waals surface area contributed by atoms with E-state index in [0.29, 0.717) is 12.8 Å². The van der Waals surface area contributed by atoms with Crippen molar-refractivity contribution in [2.45, 2.75) is 39.2 Å². The van der Waals surface area contributed by atoms with Crippen LogP contribution in [0.15, 0.2) is 0 Å². The molecule has 0 spiro atoms. The SMILES string of the molecule is CC(C)(C)OC(=O)NOC(=O)OCCCC[O]. The Hall–Kier alpha value is -1.50. The lowest BCUT2D eigenvalue weighted by atomic mass is 10.2. The summed E-state index contributed by atoms with van der Waals surface area (Å²) in [6.45, 7) is 4.89. The molecule has 7 heteroatoms. The highest BCUT2D eigenvalue weighted by molar-refractivity contribution is 5.69. The summed E-state index contributed by atoms with van der Waals surface area (Å²) in [5.41, 5.74) is 1.11. The number of nitrogens with one attached hydrogen (secondary N) is 1. The molecule has 0 saturated carbocycles. The van der Waals surface area contributed by atoms with E-state index < -0.39 is 17.8 Å². The fraction of sp³-hybridized carbons (Fsp3) is 0.800. The minimum atomic E-state index is -1.04. The Kier molecular flexibility index (Phi) is 7.04. The molecule has 0 rings (SSSR count). The molecule has 0 bridgehead atoms. The van der Waals surface area contributed by atoms with Crippen LogP contribution in [0.4, 0.5) is 9.59 Å². The lowest BCUT2D eigenvalue weighted by molar-refractivity contribution is -0.0108. The van der Waals surface area contributed by atoms with Crippen LogP contribution < -0.4 is 5.48 Å². The number of hydrogen-bond acceptors (Lipinski definition) is 5. The van der Waals surface area contributed by atoms with Gasteiger partial charge < -0.3 is 14.3 Å². The summed E-state index contributed by atoms with van der Waals surface area (Å²) >= 11 is 0. The lowest BCUT2D eigenvalue weighted by Crippen LogP contribution is -2.34. The number of hydroxylamine groups is 1. The molecule has 1 amide bonds. The second kappa shape index (κ2) is 7.72. The molecule has 1 radical (unpaired) electrons. The maximum atomic E-state index is 11.0. The second-order valence-corrected chi connectivity index (χ2v) is 4.22. The highest BCUT2D eigenvalue weighted by Gasteiger charge is 2.17. The summed E-state index contributed by atoms with van der Waals surface area (Å²) in [6, 6.07) is 0. The van der Waals surface area contributed by atoms with Crippen molar-refractivity contribution in [1.29, 1.82) is 0 Å². The molecule has 0 aliphatic rings. The van der Waals surface area contributed by atoms with Gasteiger partial charge in [0.25, 0.3) is 0 Å². The Labute approximate surface area is 100.0 Å². The van der Waals surface area contributed by atoms with Crippen molar-refractivity contribution in [2.24, 2.45) is 0 Å². The van der Waals surface area contributed by atoms with Gasteiger partial charge in [0.1, 0.15) is 5.60 Å². The van der Waals surface area contributed by atoms with E-state index in [1.165, 1.54) is 0 Å².